The van der Waals surface area contributed by atoms with Crippen molar-refractivity contribution in [1.29, 1.82) is 0 Å². The van der Waals surface area contributed by atoms with Gasteiger partial charge < -0.3 is 20.5 Å². The van der Waals surface area contributed by atoms with Crippen molar-refractivity contribution in [2.45, 2.75) is 38.0 Å². The van der Waals surface area contributed by atoms with E-state index in [4.69, 9.17) is 15.2 Å². The molecule has 0 saturated heterocycles. The fraction of sp³-hybridized carbons (Fsp3) is 0.316. The van der Waals surface area contributed by atoms with E-state index in [2.05, 4.69) is 5.32 Å². The SMILES string of the molecule is Cl.NCc1ccc(C(=O)Nc2ccc3c(c2)OC2(CCCC2)O3)cc1. The van der Waals surface area contributed by atoms with Crippen molar-refractivity contribution in [3.8, 4) is 11.5 Å². The number of hydrogen-bond acceptors (Lipinski definition) is 4. The molecule has 25 heavy (non-hydrogen) atoms. The van der Waals surface area contributed by atoms with Gasteiger partial charge in [0.1, 0.15) is 0 Å². The lowest BCUT2D eigenvalue weighted by Crippen LogP contribution is -2.34. The van der Waals surface area contributed by atoms with E-state index < -0.39 is 5.79 Å². The van der Waals surface area contributed by atoms with Gasteiger partial charge in [0.25, 0.3) is 11.7 Å². The molecule has 2 aromatic rings. The van der Waals surface area contributed by atoms with Crippen molar-refractivity contribution in [2.75, 3.05) is 5.32 Å². The van der Waals surface area contributed by atoms with Gasteiger partial charge in [-0.25, -0.2) is 0 Å². The van der Waals surface area contributed by atoms with Crippen LogP contribution in [-0.2, 0) is 6.54 Å². The van der Waals surface area contributed by atoms with Crippen molar-refractivity contribution in [3.63, 3.8) is 0 Å². The summed E-state index contributed by atoms with van der Waals surface area (Å²) in [5.74, 6) is 0.812. The summed E-state index contributed by atoms with van der Waals surface area (Å²) in [4.78, 5) is 12.3. The molecule has 0 unspecified atom stereocenters. The van der Waals surface area contributed by atoms with E-state index in [9.17, 15) is 4.79 Å². The number of carbonyl (C=O) groups excluding carboxylic acids is 1. The molecule has 1 aliphatic carbocycles. The lowest BCUT2D eigenvalue weighted by atomic mass is 10.1. The van der Waals surface area contributed by atoms with Crippen molar-refractivity contribution >= 4 is 24.0 Å². The zero-order chi connectivity index (χ0) is 16.6. The predicted molar refractivity (Wildman–Crippen MR) is 98.4 cm³/mol. The number of nitrogens with one attached hydrogen (secondary N) is 1. The van der Waals surface area contributed by atoms with E-state index in [1.165, 1.54) is 0 Å². The van der Waals surface area contributed by atoms with Crippen molar-refractivity contribution in [2.24, 2.45) is 5.73 Å². The lowest BCUT2D eigenvalue weighted by molar-refractivity contribution is -0.0716. The largest absolute Gasteiger partial charge is 0.448 e. The number of nitrogens with two attached hydrogens (primary N) is 1. The summed E-state index contributed by atoms with van der Waals surface area (Å²) in [5.41, 5.74) is 7.86. The van der Waals surface area contributed by atoms with Gasteiger partial charge >= 0.3 is 0 Å². The standard InChI is InChI=1S/C19H20N2O3.ClH/c20-12-13-3-5-14(6-4-13)18(22)21-15-7-8-16-17(11-15)24-19(23-16)9-1-2-10-19;/h3-8,11H,1-2,9-10,12,20H2,(H,21,22);1H. The number of hydrogen-bond donors (Lipinski definition) is 2. The molecule has 1 fully saturated rings. The minimum absolute atomic E-state index is 0. The monoisotopic (exact) mass is 360 g/mol. The minimum Gasteiger partial charge on any atom is -0.448 e. The van der Waals surface area contributed by atoms with Gasteiger partial charge in [0.2, 0.25) is 0 Å². The highest BCUT2D eigenvalue weighted by atomic mass is 35.5. The van der Waals surface area contributed by atoms with Gasteiger partial charge in [0, 0.05) is 36.7 Å². The summed E-state index contributed by atoms with van der Waals surface area (Å²) in [6, 6.07) is 12.8. The molecule has 1 spiro atoms. The van der Waals surface area contributed by atoms with Gasteiger partial charge in [0.05, 0.1) is 0 Å². The highest BCUT2D eigenvalue weighted by Gasteiger charge is 2.44. The Bertz CT molecular complexity index is 771. The van der Waals surface area contributed by atoms with E-state index in [1.54, 1.807) is 12.1 Å². The van der Waals surface area contributed by atoms with Crippen molar-refractivity contribution in [3.05, 3.63) is 53.6 Å². The van der Waals surface area contributed by atoms with Gasteiger partial charge in [-0.2, -0.15) is 0 Å². The van der Waals surface area contributed by atoms with E-state index >= 15 is 0 Å². The maximum Gasteiger partial charge on any atom is 0.255 e. The predicted octanol–water partition coefficient (Wildman–Crippen LogP) is 3.86. The van der Waals surface area contributed by atoms with E-state index in [0.717, 1.165) is 37.0 Å². The first-order valence-corrected chi connectivity index (χ1v) is 8.30. The molecule has 0 radical (unpaired) electrons. The van der Waals surface area contributed by atoms with Crippen LogP contribution in [0.4, 0.5) is 5.69 Å². The number of rotatable bonds is 3. The molecule has 0 aromatic heterocycles. The van der Waals surface area contributed by atoms with Gasteiger partial charge in [-0.15, -0.1) is 12.4 Å². The Hall–Kier alpha value is -2.24. The second kappa shape index (κ2) is 6.94. The number of carbonyl (C=O) groups is 1. The molecule has 2 aromatic carbocycles. The third-order valence-corrected chi connectivity index (χ3v) is 4.61. The van der Waals surface area contributed by atoms with Crippen LogP contribution in [0.15, 0.2) is 42.5 Å². The molecular formula is C19H21ClN2O3. The average molecular weight is 361 g/mol. The molecule has 0 bridgehead atoms. The Balaban J connectivity index is 0.00000182. The van der Waals surface area contributed by atoms with Crippen LogP contribution in [0.2, 0.25) is 0 Å². The lowest BCUT2D eigenvalue weighted by Gasteiger charge is -2.21. The van der Waals surface area contributed by atoms with Crippen LogP contribution < -0.4 is 20.5 Å². The molecule has 2 aliphatic rings. The second-order valence-corrected chi connectivity index (χ2v) is 6.34. The highest BCUT2D eigenvalue weighted by Crippen LogP contribution is 2.47. The van der Waals surface area contributed by atoms with E-state index in [-0.39, 0.29) is 18.3 Å². The summed E-state index contributed by atoms with van der Waals surface area (Å²) in [6.07, 6.45) is 4.07. The normalized spacial score (nSPS) is 16.5. The van der Waals surface area contributed by atoms with Crippen LogP contribution >= 0.6 is 12.4 Å². The maximum atomic E-state index is 12.3. The fourth-order valence-electron chi connectivity index (χ4n) is 3.28. The van der Waals surface area contributed by atoms with Gasteiger partial charge in [-0.05, 0) is 42.7 Å². The first kappa shape index (κ1) is 17.6. The Kier molecular flexibility index (Phi) is 4.88. The minimum atomic E-state index is -0.483. The number of ether oxygens (including phenoxy) is 2. The number of amides is 1. The molecule has 5 nitrogen and oxygen atoms in total. The molecule has 132 valence electrons. The maximum absolute atomic E-state index is 12.3. The molecule has 1 saturated carbocycles. The summed E-state index contributed by atoms with van der Waals surface area (Å²) in [7, 11) is 0. The summed E-state index contributed by atoms with van der Waals surface area (Å²) >= 11 is 0. The van der Waals surface area contributed by atoms with Gasteiger partial charge in [0.15, 0.2) is 11.5 Å². The molecule has 3 N–H and O–H groups in total. The molecular weight excluding hydrogens is 340 g/mol. The average Bonchev–Trinajstić information content (AvgIpc) is 3.20. The Morgan fingerprint density at radius 3 is 2.40 bits per heavy atom. The highest BCUT2D eigenvalue weighted by molar-refractivity contribution is 6.04. The first-order valence-electron chi connectivity index (χ1n) is 8.30. The molecule has 0 atom stereocenters. The number of anilines is 1. The quantitative estimate of drug-likeness (QED) is 0.871. The molecule has 1 amide bonds. The van der Waals surface area contributed by atoms with Crippen LogP contribution in [0, 0.1) is 0 Å². The Morgan fingerprint density at radius 2 is 1.72 bits per heavy atom. The third kappa shape index (κ3) is 3.43. The topological polar surface area (TPSA) is 73.6 Å². The Morgan fingerprint density at radius 1 is 1.04 bits per heavy atom. The van der Waals surface area contributed by atoms with Crippen LogP contribution in [0.3, 0.4) is 0 Å². The fourth-order valence-corrected chi connectivity index (χ4v) is 3.28. The van der Waals surface area contributed by atoms with Crippen molar-refractivity contribution in [1.82, 2.24) is 0 Å². The van der Waals surface area contributed by atoms with E-state index in [0.29, 0.717) is 23.5 Å². The number of fused-ring (bicyclic) bond motifs is 1. The zero-order valence-electron chi connectivity index (χ0n) is 13.8. The Labute approximate surface area is 152 Å². The van der Waals surface area contributed by atoms with Crippen LogP contribution in [0.25, 0.3) is 0 Å². The first-order chi connectivity index (χ1) is 11.7. The summed E-state index contributed by atoms with van der Waals surface area (Å²) in [6.45, 7) is 0.464. The second-order valence-electron chi connectivity index (χ2n) is 6.34. The third-order valence-electron chi connectivity index (χ3n) is 4.61. The van der Waals surface area contributed by atoms with Gasteiger partial charge in [-0.1, -0.05) is 12.1 Å². The number of halogens is 1. The van der Waals surface area contributed by atoms with Gasteiger partial charge in [-0.3, -0.25) is 4.79 Å². The summed E-state index contributed by atoms with van der Waals surface area (Å²) < 4.78 is 12.0. The molecule has 6 heteroatoms. The smallest absolute Gasteiger partial charge is 0.255 e. The van der Waals surface area contributed by atoms with Crippen LogP contribution in [-0.4, -0.2) is 11.7 Å². The molecule has 1 aliphatic heterocycles. The molecule has 4 rings (SSSR count). The van der Waals surface area contributed by atoms with Crippen LogP contribution in [0.5, 0.6) is 11.5 Å². The zero-order valence-corrected chi connectivity index (χ0v) is 14.6. The summed E-state index contributed by atoms with van der Waals surface area (Å²) in [5, 5.41) is 2.90. The van der Waals surface area contributed by atoms with Crippen LogP contribution in [0.1, 0.15) is 41.6 Å². The van der Waals surface area contributed by atoms with E-state index in [1.807, 2.05) is 30.3 Å². The van der Waals surface area contributed by atoms with Crippen molar-refractivity contribution < 1.29 is 14.3 Å². The number of benzene rings is 2. The molecule has 1 heterocycles.